The molecule has 2 aromatic rings. The minimum absolute atomic E-state index is 0.00602. The number of amides is 1. The third-order valence-electron chi connectivity index (χ3n) is 8.73. The van der Waals surface area contributed by atoms with E-state index in [1.807, 2.05) is 6.07 Å². The smallest absolute Gasteiger partial charge is 0.346 e. The predicted molar refractivity (Wildman–Crippen MR) is 122 cm³/mol. The Bertz CT molecular complexity index is 1120. The number of aliphatic imine (C=N–C) groups is 1. The number of aromatic nitrogens is 2. The van der Waals surface area contributed by atoms with Crippen molar-refractivity contribution >= 4 is 17.4 Å². The number of alkyl halides is 3. The maximum atomic E-state index is 14.5. The normalized spacial score (nSPS) is 34.0. The summed E-state index contributed by atoms with van der Waals surface area (Å²) in [5.74, 6) is 1.59. The molecule has 0 saturated heterocycles. The summed E-state index contributed by atoms with van der Waals surface area (Å²) < 4.78 is 44.6. The zero-order chi connectivity index (χ0) is 23.7. The van der Waals surface area contributed by atoms with Crippen molar-refractivity contribution in [2.45, 2.75) is 75.5 Å². The van der Waals surface area contributed by atoms with Crippen molar-refractivity contribution in [1.29, 1.82) is 0 Å². The monoisotopic (exact) mass is 470 g/mol. The summed E-state index contributed by atoms with van der Waals surface area (Å²) in [6.45, 7) is 1.52. The number of carbonyl (C=O) groups is 1. The Morgan fingerprint density at radius 2 is 1.71 bits per heavy atom. The van der Waals surface area contributed by atoms with E-state index in [1.54, 1.807) is 24.3 Å². The van der Waals surface area contributed by atoms with Crippen LogP contribution in [0.15, 0.2) is 41.5 Å². The number of rotatable bonds is 4. The minimum Gasteiger partial charge on any atom is -0.346 e. The molecule has 4 aliphatic carbocycles. The average Bonchev–Trinajstić information content (AvgIpc) is 3.21. The molecule has 4 bridgehead atoms. The first-order valence-electron chi connectivity index (χ1n) is 12.3. The van der Waals surface area contributed by atoms with Gasteiger partial charge in [0.15, 0.2) is 11.4 Å². The lowest BCUT2D eigenvalue weighted by molar-refractivity contribution is -0.217. The van der Waals surface area contributed by atoms with E-state index in [0.717, 1.165) is 23.9 Å². The van der Waals surface area contributed by atoms with Gasteiger partial charge in [0.25, 0.3) is 5.91 Å². The van der Waals surface area contributed by atoms with E-state index >= 15 is 0 Å². The highest BCUT2D eigenvalue weighted by atomic mass is 19.4. The van der Waals surface area contributed by atoms with Crippen LogP contribution in [0.3, 0.4) is 0 Å². The van der Waals surface area contributed by atoms with Crippen molar-refractivity contribution in [2.24, 2.45) is 22.7 Å². The van der Waals surface area contributed by atoms with Gasteiger partial charge in [0, 0.05) is 12.0 Å². The summed E-state index contributed by atoms with van der Waals surface area (Å²) in [6, 6.07) is 8.91. The van der Waals surface area contributed by atoms with E-state index in [4.69, 9.17) is 0 Å². The molecule has 1 atom stereocenters. The maximum absolute atomic E-state index is 14.5. The van der Waals surface area contributed by atoms with Gasteiger partial charge in [0.2, 0.25) is 0 Å². The van der Waals surface area contributed by atoms with Crippen LogP contribution in [0.2, 0.25) is 0 Å². The number of hydrogen-bond donors (Lipinski definition) is 1. The van der Waals surface area contributed by atoms with Gasteiger partial charge in [-0.05, 0) is 68.3 Å². The van der Waals surface area contributed by atoms with Gasteiger partial charge in [-0.3, -0.25) is 4.79 Å². The lowest BCUT2D eigenvalue weighted by Crippen LogP contribution is -2.59. The molecular formula is C26H29F3N4O. The molecule has 5 aliphatic rings. The standard InChI is InChI=1S/C26H29F3N4O/c1-2-25(26(27,28)29)14-21(19-6-4-3-5-7-19)31-22-20(15-30-33(22)25)23(34)32-24-11-16-8-17(12-24)10-18(9-16)13-24/h3-7,15-18H,2,8-14H2,1H3,(H,32,34). The molecule has 7 rings (SSSR count). The first-order chi connectivity index (χ1) is 16.2. The summed E-state index contributed by atoms with van der Waals surface area (Å²) >= 11 is 0. The molecule has 0 radical (unpaired) electrons. The Morgan fingerprint density at radius 3 is 2.26 bits per heavy atom. The molecule has 1 aliphatic heterocycles. The van der Waals surface area contributed by atoms with Crippen LogP contribution >= 0.6 is 0 Å². The lowest BCUT2D eigenvalue weighted by atomic mass is 9.53. The van der Waals surface area contributed by atoms with Crippen LogP contribution < -0.4 is 5.32 Å². The van der Waals surface area contributed by atoms with Gasteiger partial charge in [-0.1, -0.05) is 37.3 Å². The SMILES string of the molecule is CCC1(C(F)(F)F)CC(c2ccccc2)=Nc2c(C(=O)NC34CC5CC(CC(C5)C3)C4)cnn21. The molecule has 1 N–H and O–H groups in total. The van der Waals surface area contributed by atoms with E-state index in [2.05, 4.69) is 15.4 Å². The molecule has 1 unspecified atom stereocenters. The Kier molecular flexibility index (Phi) is 4.78. The lowest BCUT2D eigenvalue weighted by Gasteiger charge is -2.56. The largest absolute Gasteiger partial charge is 0.414 e. The summed E-state index contributed by atoms with van der Waals surface area (Å²) in [6.07, 6.45) is 2.84. The van der Waals surface area contributed by atoms with Gasteiger partial charge >= 0.3 is 6.18 Å². The van der Waals surface area contributed by atoms with Gasteiger partial charge in [-0.2, -0.15) is 18.3 Å². The molecule has 1 amide bonds. The van der Waals surface area contributed by atoms with Crippen LogP contribution in [-0.2, 0) is 5.54 Å². The number of fused-ring (bicyclic) bond motifs is 1. The average molecular weight is 471 g/mol. The predicted octanol–water partition coefficient (Wildman–Crippen LogP) is 5.77. The second-order valence-electron chi connectivity index (χ2n) is 10.9. The summed E-state index contributed by atoms with van der Waals surface area (Å²) in [5, 5.41) is 7.39. The van der Waals surface area contributed by atoms with Crippen LogP contribution in [-0.4, -0.2) is 33.1 Å². The van der Waals surface area contributed by atoms with Crippen molar-refractivity contribution in [3.63, 3.8) is 0 Å². The quantitative estimate of drug-likeness (QED) is 0.616. The van der Waals surface area contributed by atoms with Gasteiger partial charge < -0.3 is 5.32 Å². The van der Waals surface area contributed by atoms with E-state index < -0.39 is 11.7 Å². The topological polar surface area (TPSA) is 59.3 Å². The van der Waals surface area contributed by atoms with Gasteiger partial charge in [-0.15, -0.1) is 0 Å². The highest BCUT2D eigenvalue weighted by Crippen LogP contribution is 2.56. The highest BCUT2D eigenvalue weighted by Gasteiger charge is 2.59. The first-order valence-corrected chi connectivity index (χ1v) is 12.3. The second-order valence-corrected chi connectivity index (χ2v) is 10.9. The van der Waals surface area contributed by atoms with E-state index in [-0.39, 0.29) is 35.7 Å². The molecular weight excluding hydrogens is 441 g/mol. The number of benzene rings is 1. The molecule has 180 valence electrons. The number of hydrogen-bond acceptors (Lipinski definition) is 3. The summed E-state index contributed by atoms with van der Waals surface area (Å²) in [4.78, 5) is 18.1. The molecule has 1 aromatic heterocycles. The molecule has 1 aromatic carbocycles. The van der Waals surface area contributed by atoms with Gasteiger partial charge in [0.05, 0.1) is 11.9 Å². The summed E-state index contributed by atoms with van der Waals surface area (Å²) in [5.41, 5.74) is -1.39. The van der Waals surface area contributed by atoms with E-state index in [9.17, 15) is 18.0 Å². The number of carbonyl (C=O) groups excluding carboxylic acids is 1. The molecule has 4 saturated carbocycles. The minimum atomic E-state index is -4.55. The first kappa shape index (κ1) is 21.9. The molecule has 34 heavy (non-hydrogen) atoms. The number of nitrogens with one attached hydrogen (secondary N) is 1. The maximum Gasteiger partial charge on any atom is 0.414 e. The summed E-state index contributed by atoms with van der Waals surface area (Å²) in [7, 11) is 0. The number of nitrogens with zero attached hydrogens (tertiary/aromatic N) is 3. The van der Waals surface area contributed by atoms with Crippen LogP contribution in [0.4, 0.5) is 19.0 Å². The Labute approximate surface area is 196 Å². The third-order valence-corrected chi connectivity index (χ3v) is 8.73. The fraction of sp³-hybridized carbons (Fsp3) is 0.577. The van der Waals surface area contributed by atoms with Crippen molar-refractivity contribution < 1.29 is 18.0 Å². The van der Waals surface area contributed by atoms with E-state index in [0.29, 0.717) is 29.0 Å². The van der Waals surface area contributed by atoms with Crippen LogP contribution in [0.5, 0.6) is 0 Å². The van der Waals surface area contributed by atoms with Crippen LogP contribution in [0.25, 0.3) is 0 Å². The Morgan fingerprint density at radius 1 is 1.09 bits per heavy atom. The fourth-order valence-corrected chi connectivity index (χ4v) is 7.51. The Hall–Kier alpha value is -2.64. The van der Waals surface area contributed by atoms with E-state index in [1.165, 1.54) is 32.4 Å². The third kappa shape index (κ3) is 3.24. The zero-order valence-electron chi connectivity index (χ0n) is 19.2. The molecule has 8 heteroatoms. The van der Waals surface area contributed by atoms with Crippen molar-refractivity contribution in [1.82, 2.24) is 15.1 Å². The molecule has 2 heterocycles. The van der Waals surface area contributed by atoms with Crippen molar-refractivity contribution in [3.8, 4) is 0 Å². The van der Waals surface area contributed by atoms with Crippen molar-refractivity contribution in [3.05, 3.63) is 47.7 Å². The van der Waals surface area contributed by atoms with Crippen LogP contribution in [0, 0.1) is 17.8 Å². The second kappa shape index (κ2) is 7.43. The number of halogens is 3. The fourth-order valence-electron chi connectivity index (χ4n) is 7.51. The van der Waals surface area contributed by atoms with Gasteiger partial charge in [0.1, 0.15) is 5.56 Å². The molecule has 5 nitrogen and oxygen atoms in total. The molecule has 0 spiro atoms. The molecule has 4 fully saturated rings. The van der Waals surface area contributed by atoms with Crippen LogP contribution in [0.1, 0.15) is 74.2 Å². The van der Waals surface area contributed by atoms with Crippen molar-refractivity contribution in [2.75, 3.05) is 0 Å². The van der Waals surface area contributed by atoms with Gasteiger partial charge in [-0.25, -0.2) is 9.67 Å². The zero-order valence-corrected chi connectivity index (χ0v) is 19.2. The Balaban J connectivity index is 1.40. The highest BCUT2D eigenvalue weighted by molar-refractivity contribution is 6.06.